The monoisotopic (exact) mass is 303 g/mol. The Morgan fingerprint density at radius 2 is 1.77 bits per heavy atom. The summed E-state index contributed by atoms with van der Waals surface area (Å²) in [5.41, 5.74) is 1.64. The van der Waals surface area contributed by atoms with Crippen LogP contribution >= 0.6 is 0 Å². The van der Waals surface area contributed by atoms with Gasteiger partial charge in [-0.1, -0.05) is 12.1 Å². The molecule has 2 rings (SSSR count). The zero-order valence-corrected chi connectivity index (χ0v) is 13.1. The van der Waals surface area contributed by atoms with Crippen molar-refractivity contribution in [2.24, 2.45) is 0 Å². The van der Waals surface area contributed by atoms with Crippen LogP contribution in [-0.2, 0) is 6.54 Å². The van der Waals surface area contributed by atoms with Crippen LogP contribution in [0.4, 0.5) is 5.69 Å². The molecule has 0 amide bonds. The van der Waals surface area contributed by atoms with Gasteiger partial charge >= 0.3 is 0 Å². The van der Waals surface area contributed by atoms with Crippen molar-refractivity contribution in [1.29, 1.82) is 0 Å². The summed E-state index contributed by atoms with van der Waals surface area (Å²) in [5.74, 6) is 1.99. The first-order valence-electron chi connectivity index (χ1n) is 7.09. The lowest BCUT2D eigenvalue weighted by molar-refractivity contribution is 0.317. The molecule has 5 heteroatoms. The summed E-state index contributed by atoms with van der Waals surface area (Å²) in [6.45, 7) is 2.87. The van der Waals surface area contributed by atoms with E-state index in [1.54, 1.807) is 20.3 Å². The van der Waals surface area contributed by atoms with E-state index in [1.165, 1.54) is 0 Å². The van der Waals surface area contributed by atoms with Gasteiger partial charge in [0.25, 0.3) is 0 Å². The lowest BCUT2D eigenvalue weighted by Crippen LogP contribution is -2.02. The molecule has 5 nitrogen and oxygen atoms in total. The lowest BCUT2D eigenvalue weighted by Gasteiger charge is -2.13. The van der Waals surface area contributed by atoms with Gasteiger partial charge in [-0.3, -0.25) is 0 Å². The highest BCUT2D eigenvalue weighted by molar-refractivity contribution is 5.56. The van der Waals surface area contributed by atoms with E-state index >= 15 is 0 Å². The van der Waals surface area contributed by atoms with E-state index < -0.39 is 0 Å². The summed E-state index contributed by atoms with van der Waals surface area (Å²) in [7, 11) is 3.20. The Bertz CT molecular complexity index is 628. The maximum absolute atomic E-state index is 10.2. The fourth-order valence-corrected chi connectivity index (χ4v) is 2.13. The molecule has 0 aliphatic heterocycles. The number of phenols is 1. The zero-order valence-electron chi connectivity index (χ0n) is 13.1. The highest BCUT2D eigenvalue weighted by Gasteiger charge is 2.09. The number of nitrogens with one attached hydrogen (secondary N) is 1. The number of benzene rings is 2. The molecule has 0 saturated carbocycles. The van der Waals surface area contributed by atoms with Gasteiger partial charge in [0.15, 0.2) is 23.0 Å². The van der Waals surface area contributed by atoms with Crippen molar-refractivity contribution in [3.8, 4) is 23.0 Å². The predicted octanol–water partition coefficient (Wildman–Crippen LogP) is 3.42. The number of anilines is 1. The minimum atomic E-state index is 0.164. The molecule has 2 N–H and O–H groups in total. The fourth-order valence-electron chi connectivity index (χ4n) is 2.13. The van der Waals surface area contributed by atoms with Crippen molar-refractivity contribution in [1.82, 2.24) is 0 Å². The Morgan fingerprint density at radius 1 is 1.00 bits per heavy atom. The zero-order chi connectivity index (χ0) is 15.9. The molecule has 118 valence electrons. The van der Waals surface area contributed by atoms with E-state index in [2.05, 4.69) is 5.32 Å². The predicted molar refractivity (Wildman–Crippen MR) is 86.1 cm³/mol. The standard InChI is InChI=1S/C17H21NO4/c1-4-22-15-7-5-6-12(17(15)19)11-18-13-8-9-14(20-2)16(10-13)21-3/h5-10,18-19H,4,11H2,1-3H3. The quantitative estimate of drug-likeness (QED) is 0.820. The van der Waals surface area contributed by atoms with E-state index in [0.29, 0.717) is 30.4 Å². The normalized spacial score (nSPS) is 10.1. The number of aromatic hydroxyl groups is 1. The Morgan fingerprint density at radius 3 is 2.45 bits per heavy atom. The summed E-state index contributed by atoms with van der Waals surface area (Å²) in [6, 6.07) is 11.0. The number of hydrogen-bond acceptors (Lipinski definition) is 5. The van der Waals surface area contributed by atoms with Crippen LogP contribution in [0.25, 0.3) is 0 Å². The topological polar surface area (TPSA) is 60.0 Å². The van der Waals surface area contributed by atoms with Crippen LogP contribution in [-0.4, -0.2) is 25.9 Å². The molecule has 0 bridgehead atoms. The van der Waals surface area contributed by atoms with Crippen LogP contribution in [0.15, 0.2) is 36.4 Å². The largest absolute Gasteiger partial charge is 0.504 e. The second kappa shape index (κ2) is 7.45. The number of hydrogen-bond donors (Lipinski definition) is 2. The van der Waals surface area contributed by atoms with Gasteiger partial charge in [-0.2, -0.15) is 0 Å². The number of ether oxygens (including phenoxy) is 3. The molecular weight excluding hydrogens is 282 g/mol. The molecular formula is C17H21NO4. The summed E-state index contributed by atoms with van der Waals surface area (Å²) in [5, 5.41) is 13.4. The summed E-state index contributed by atoms with van der Waals surface area (Å²) in [6.07, 6.45) is 0. The van der Waals surface area contributed by atoms with Gasteiger partial charge in [0.2, 0.25) is 0 Å². The van der Waals surface area contributed by atoms with E-state index in [0.717, 1.165) is 11.3 Å². The first-order chi connectivity index (χ1) is 10.7. The molecule has 2 aromatic carbocycles. The van der Waals surface area contributed by atoms with Gasteiger partial charge in [0.1, 0.15) is 0 Å². The molecule has 0 fully saturated rings. The molecule has 0 aliphatic rings. The Kier molecular flexibility index (Phi) is 5.36. The van der Waals surface area contributed by atoms with Gasteiger partial charge in [-0.25, -0.2) is 0 Å². The third-order valence-electron chi connectivity index (χ3n) is 3.25. The van der Waals surface area contributed by atoms with Gasteiger partial charge < -0.3 is 24.6 Å². The summed E-state index contributed by atoms with van der Waals surface area (Å²) >= 11 is 0. The first-order valence-corrected chi connectivity index (χ1v) is 7.09. The van der Waals surface area contributed by atoms with Crippen molar-refractivity contribution in [3.63, 3.8) is 0 Å². The number of phenolic OH excluding ortho intramolecular Hbond substituents is 1. The van der Waals surface area contributed by atoms with E-state index in [1.807, 2.05) is 37.3 Å². The molecule has 0 aromatic heterocycles. The minimum Gasteiger partial charge on any atom is -0.504 e. The SMILES string of the molecule is CCOc1cccc(CNc2ccc(OC)c(OC)c2)c1O. The Balaban J connectivity index is 2.11. The van der Waals surface area contributed by atoms with E-state index in [9.17, 15) is 5.11 Å². The maximum atomic E-state index is 10.2. The third-order valence-corrected chi connectivity index (χ3v) is 3.25. The fraction of sp³-hybridized carbons (Fsp3) is 0.294. The molecule has 0 heterocycles. The van der Waals surface area contributed by atoms with Crippen LogP contribution < -0.4 is 19.5 Å². The average Bonchev–Trinajstić information content (AvgIpc) is 2.55. The number of para-hydroxylation sites is 1. The van der Waals surface area contributed by atoms with Crippen LogP contribution in [0.3, 0.4) is 0 Å². The molecule has 0 aliphatic carbocycles. The molecule has 0 saturated heterocycles. The first kappa shape index (κ1) is 15.8. The van der Waals surface area contributed by atoms with Crippen molar-refractivity contribution < 1.29 is 19.3 Å². The van der Waals surface area contributed by atoms with E-state index in [-0.39, 0.29) is 5.75 Å². The lowest BCUT2D eigenvalue weighted by atomic mass is 10.1. The van der Waals surface area contributed by atoms with Gasteiger partial charge in [0, 0.05) is 23.9 Å². The molecule has 2 aromatic rings. The molecule has 0 unspecified atom stereocenters. The second-order valence-corrected chi connectivity index (χ2v) is 4.62. The van der Waals surface area contributed by atoms with Gasteiger partial charge in [0.05, 0.1) is 20.8 Å². The average molecular weight is 303 g/mol. The van der Waals surface area contributed by atoms with Crippen LogP contribution in [0, 0.1) is 0 Å². The smallest absolute Gasteiger partial charge is 0.162 e. The second-order valence-electron chi connectivity index (χ2n) is 4.62. The van der Waals surface area contributed by atoms with Crippen molar-refractivity contribution in [2.75, 3.05) is 26.1 Å². The maximum Gasteiger partial charge on any atom is 0.162 e. The van der Waals surface area contributed by atoms with Crippen molar-refractivity contribution in [3.05, 3.63) is 42.0 Å². The third kappa shape index (κ3) is 3.55. The molecule has 0 atom stereocenters. The minimum absolute atomic E-state index is 0.164. The summed E-state index contributed by atoms with van der Waals surface area (Å²) in [4.78, 5) is 0. The van der Waals surface area contributed by atoms with Crippen LogP contribution in [0.1, 0.15) is 12.5 Å². The van der Waals surface area contributed by atoms with Crippen LogP contribution in [0.5, 0.6) is 23.0 Å². The van der Waals surface area contributed by atoms with Gasteiger partial charge in [-0.15, -0.1) is 0 Å². The van der Waals surface area contributed by atoms with Crippen molar-refractivity contribution >= 4 is 5.69 Å². The highest BCUT2D eigenvalue weighted by Crippen LogP contribution is 2.32. The van der Waals surface area contributed by atoms with Crippen LogP contribution in [0.2, 0.25) is 0 Å². The highest BCUT2D eigenvalue weighted by atomic mass is 16.5. The van der Waals surface area contributed by atoms with E-state index in [4.69, 9.17) is 14.2 Å². The molecule has 0 spiro atoms. The molecule has 0 radical (unpaired) electrons. The Hall–Kier alpha value is -2.56. The number of rotatable bonds is 7. The summed E-state index contributed by atoms with van der Waals surface area (Å²) < 4.78 is 15.9. The molecule has 22 heavy (non-hydrogen) atoms. The number of methoxy groups -OCH3 is 2. The van der Waals surface area contributed by atoms with Crippen molar-refractivity contribution in [2.45, 2.75) is 13.5 Å². The Labute approximate surface area is 130 Å². The van der Waals surface area contributed by atoms with Gasteiger partial charge in [-0.05, 0) is 25.1 Å².